The number of allylic oxidation sites excluding steroid dienone is 1. The van der Waals surface area contributed by atoms with Gasteiger partial charge in [0.15, 0.2) is 0 Å². The third-order valence-corrected chi connectivity index (χ3v) is 4.94. The second kappa shape index (κ2) is 5.21. The Hall–Kier alpha value is -1.18. The van der Waals surface area contributed by atoms with E-state index in [1.807, 2.05) is 6.08 Å². The van der Waals surface area contributed by atoms with E-state index < -0.39 is 0 Å². The molecule has 2 heterocycles. The van der Waals surface area contributed by atoms with Crippen LogP contribution < -0.4 is 21.2 Å². The van der Waals surface area contributed by atoms with E-state index in [9.17, 15) is 0 Å². The van der Waals surface area contributed by atoms with Crippen LogP contribution in [0.1, 0.15) is 31.6 Å². The van der Waals surface area contributed by atoms with Crippen LogP contribution in [0.25, 0.3) is 17.5 Å². The number of rotatable bonds is 3. The minimum atomic E-state index is -0.0601. The normalized spacial score (nSPS) is 15.5. The molecule has 2 aromatic heterocycles. The molecule has 0 unspecified atom stereocenters. The van der Waals surface area contributed by atoms with Gasteiger partial charge in [-0.25, -0.2) is 0 Å². The summed E-state index contributed by atoms with van der Waals surface area (Å²) in [5.41, 5.74) is 2.39. The summed E-state index contributed by atoms with van der Waals surface area (Å²) < 4.78 is 6.43. The van der Waals surface area contributed by atoms with Gasteiger partial charge in [-0.05, 0) is 0 Å². The molecule has 0 amide bonds. The Morgan fingerprint density at radius 1 is 1.39 bits per heavy atom. The third kappa shape index (κ3) is 2.33. The van der Waals surface area contributed by atoms with Crippen LogP contribution in [0.3, 0.4) is 0 Å². The number of hydrogen-bond acceptors (Lipinski definition) is 4. The first-order valence-electron chi connectivity index (χ1n) is 5.93. The van der Waals surface area contributed by atoms with Crippen molar-refractivity contribution in [3.63, 3.8) is 0 Å². The van der Waals surface area contributed by atoms with Crippen LogP contribution >= 0.6 is 0 Å². The van der Waals surface area contributed by atoms with Crippen molar-refractivity contribution in [2.45, 2.75) is 25.7 Å². The molecular formula is C12H14IN4O-. The summed E-state index contributed by atoms with van der Waals surface area (Å²) in [6.45, 7) is 0. The fraction of sp³-hybridized carbons (Fsp3) is 0.417. The number of alkyl halides is 1. The van der Waals surface area contributed by atoms with E-state index in [-0.39, 0.29) is 21.2 Å². The first kappa shape index (κ1) is 11.9. The summed E-state index contributed by atoms with van der Waals surface area (Å²) in [5, 5.41) is 11.1. The third-order valence-electron chi connectivity index (χ3n) is 3.04. The molecule has 0 bridgehead atoms. The van der Waals surface area contributed by atoms with Crippen LogP contribution in [-0.2, 0) is 0 Å². The second-order valence-corrected chi connectivity index (χ2v) is 6.41. The maximum absolute atomic E-state index is 5.28. The van der Waals surface area contributed by atoms with Crippen LogP contribution in [0.4, 0.5) is 0 Å². The molecule has 96 valence electrons. The Kier molecular flexibility index (Phi) is 3.44. The van der Waals surface area contributed by atoms with Gasteiger partial charge >= 0.3 is 116 Å². The Bertz CT molecular complexity index is 564. The summed E-state index contributed by atoms with van der Waals surface area (Å²) in [4.78, 5) is 6.61. The fourth-order valence-electron chi connectivity index (χ4n) is 2.12. The first-order chi connectivity index (χ1) is 8.86. The topological polar surface area (TPSA) is 67.6 Å². The molecule has 1 saturated carbocycles. The van der Waals surface area contributed by atoms with Gasteiger partial charge in [-0.15, -0.1) is 0 Å². The van der Waals surface area contributed by atoms with Crippen molar-refractivity contribution < 1.29 is 25.7 Å². The van der Waals surface area contributed by atoms with E-state index in [0.717, 1.165) is 22.1 Å². The van der Waals surface area contributed by atoms with E-state index in [1.54, 1.807) is 6.20 Å². The van der Waals surface area contributed by atoms with Crippen molar-refractivity contribution in [1.29, 1.82) is 0 Å². The fourth-order valence-corrected chi connectivity index (χ4v) is 3.46. The SMILES string of the molecule is C[I-]c1[nH]ncc1-c1noc(C=C2CCCC2)n1. The molecule has 5 nitrogen and oxygen atoms in total. The predicted octanol–water partition coefficient (Wildman–Crippen LogP) is -0.694. The van der Waals surface area contributed by atoms with Crippen LogP contribution in [0.2, 0.25) is 0 Å². The van der Waals surface area contributed by atoms with Crippen molar-refractivity contribution in [2.24, 2.45) is 0 Å². The molecule has 1 N–H and O–H groups in total. The van der Waals surface area contributed by atoms with E-state index in [1.165, 1.54) is 18.4 Å². The minimum absolute atomic E-state index is 0.0601. The molecule has 18 heavy (non-hydrogen) atoms. The summed E-state index contributed by atoms with van der Waals surface area (Å²) in [7, 11) is 0. The summed E-state index contributed by atoms with van der Waals surface area (Å²) in [5.74, 6) is 1.26. The molecule has 2 aromatic rings. The van der Waals surface area contributed by atoms with Crippen molar-refractivity contribution in [3.05, 3.63) is 21.4 Å². The van der Waals surface area contributed by atoms with Crippen LogP contribution in [-0.4, -0.2) is 25.3 Å². The molecule has 0 aromatic carbocycles. The zero-order valence-corrected chi connectivity index (χ0v) is 12.3. The molecule has 0 aliphatic heterocycles. The van der Waals surface area contributed by atoms with Gasteiger partial charge in [0, 0.05) is 0 Å². The number of nitrogens with one attached hydrogen (secondary N) is 1. The molecule has 1 aliphatic carbocycles. The Balaban J connectivity index is 1.87. The molecule has 0 radical (unpaired) electrons. The molecule has 1 fully saturated rings. The summed E-state index contributed by atoms with van der Waals surface area (Å²) >= 11 is -0.0601. The average Bonchev–Trinajstić information content (AvgIpc) is 3.09. The van der Waals surface area contributed by atoms with Gasteiger partial charge < -0.3 is 0 Å². The van der Waals surface area contributed by atoms with E-state index in [2.05, 4.69) is 25.3 Å². The summed E-state index contributed by atoms with van der Waals surface area (Å²) in [6.07, 6.45) is 8.68. The number of H-pyrrole nitrogens is 1. The average molecular weight is 357 g/mol. The Morgan fingerprint density at radius 2 is 2.22 bits per heavy atom. The number of halogens is 1. The van der Waals surface area contributed by atoms with Gasteiger partial charge in [0.25, 0.3) is 0 Å². The molecular weight excluding hydrogens is 343 g/mol. The van der Waals surface area contributed by atoms with E-state index in [0.29, 0.717) is 11.7 Å². The van der Waals surface area contributed by atoms with E-state index in [4.69, 9.17) is 4.52 Å². The van der Waals surface area contributed by atoms with Gasteiger partial charge in [-0.2, -0.15) is 0 Å². The zero-order valence-electron chi connectivity index (χ0n) is 10.1. The molecule has 0 saturated heterocycles. The number of aromatic nitrogens is 4. The van der Waals surface area contributed by atoms with Gasteiger partial charge in [-0.3, -0.25) is 0 Å². The van der Waals surface area contributed by atoms with Crippen molar-refractivity contribution >= 4 is 6.08 Å². The quantitative estimate of drug-likeness (QED) is 0.583. The standard InChI is InChI=1S/C12H14IN4O/c1-13-11-9(7-14-16-11)12-15-10(18-17-12)6-8-4-2-3-5-8/h6-7H,2-5H2,1H3,(H,14,16)/q-1. The van der Waals surface area contributed by atoms with Gasteiger partial charge in [0.05, 0.1) is 0 Å². The maximum atomic E-state index is 5.28. The van der Waals surface area contributed by atoms with Crippen LogP contribution in [0, 0.1) is 3.70 Å². The molecule has 1 aliphatic rings. The molecule has 3 rings (SSSR count). The van der Waals surface area contributed by atoms with Crippen LogP contribution in [0.15, 0.2) is 16.3 Å². The summed E-state index contributed by atoms with van der Waals surface area (Å²) in [6, 6.07) is 0. The number of aromatic amines is 1. The van der Waals surface area contributed by atoms with Gasteiger partial charge in [0.2, 0.25) is 0 Å². The molecule has 6 heteroatoms. The van der Waals surface area contributed by atoms with Crippen LogP contribution in [0.5, 0.6) is 0 Å². The first-order valence-corrected chi connectivity index (χ1v) is 9.17. The monoisotopic (exact) mass is 357 g/mol. The van der Waals surface area contributed by atoms with Crippen molar-refractivity contribution in [3.8, 4) is 11.4 Å². The predicted molar refractivity (Wildman–Crippen MR) is 62.9 cm³/mol. The second-order valence-electron chi connectivity index (χ2n) is 4.25. The van der Waals surface area contributed by atoms with E-state index >= 15 is 0 Å². The Morgan fingerprint density at radius 3 is 3.00 bits per heavy atom. The van der Waals surface area contributed by atoms with Gasteiger partial charge in [-0.1, -0.05) is 0 Å². The van der Waals surface area contributed by atoms with Crippen molar-refractivity contribution in [1.82, 2.24) is 20.3 Å². The number of nitrogens with zero attached hydrogens (tertiary/aromatic N) is 3. The van der Waals surface area contributed by atoms with Crippen molar-refractivity contribution in [2.75, 3.05) is 4.93 Å². The number of hydrogen-bond donors (Lipinski definition) is 1. The Labute approximate surface area is 115 Å². The van der Waals surface area contributed by atoms with Gasteiger partial charge in [0.1, 0.15) is 0 Å². The molecule has 0 spiro atoms. The molecule has 0 atom stereocenters. The zero-order chi connectivity index (χ0) is 12.4.